The lowest BCUT2D eigenvalue weighted by atomic mass is 9.94. The Morgan fingerprint density at radius 2 is 2.12 bits per heavy atom. The van der Waals surface area contributed by atoms with Gasteiger partial charge >= 0.3 is 0 Å². The molecule has 0 amide bonds. The van der Waals surface area contributed by atoms with Crippen molar-refractivity contribution >= 4 is 11.1 Å². The van der Waals surface area contributed by atoms with E-state index in [1.807, 2.05) is 25.1 Å². The molecular formula is C13H15FN2O. The number of piperidine rings is 1. The molecule has 0 spiro atoms. The van der Waals surface area contributed by atoms with Crippen molar-refractivity contribution in [2.45, 2.75) is 25.4 Å². The van der Waals surface area contributed by atoms with E-state index in [-0.39, 0.29) is 5.89 Å². The molecule has 90 valence electrons. The van der Waals surface area contributed by atoms with Crippen LogP contribution in [0.15, 0.2) is 22.6 Å². The SMILES string of the molecule is Cc1ccc2oc(C3(F)CCNCC3)nc2c1. The van der Waals surface area contributed by atoms with Crippen molar-refractivity contribution in [3.05, 3.63) is 29.7 Å². The van der Waals surface area contributed by atoms with Gasteiger partial charge in [-0.3, -0.25) is 0 Å². The number of rotatable bonds is 1. The first-order valence-corrected chi connectivity index (χ1v) is 5.95. The highest BCUT2D eigenvalue weighted by atomic mass is 19.1. The number of aryl methyl sites for hydroxylation is 1. The van der Waals surface area contributed by atoms with Crippen LogP contribution in [0.25, 0.3) is 11.1 Å². The number of nitrogens with one attached hydrogen (secondary N) is 1. The first-order valence-electron chi connectivity index (χ1n) is 5.95. The Balaban J connectivity index is 2.05. The summed E-state index contributed by atoms with van der Waals surface area (Å²) in [5.74, 6) is 0.236. The summed E-state index contributed by atoms with van der Waals surface area (Å²) in [5, 5.41) is 3.14. The monoisotopic (exact) mass is 234 g/mol. The van der Waals surface area contributed by atoms with Gasteiger partial charge in [-0.25, -0.2) is 9.37 Å². The van der Waals surface area contributed by atoms with E-state index < -0.39 is 5.67 Å². The van der Waals surface area contributed by atoms with Crippen LogP contribution in [-0.2, 0) is 5.67 Å². The lowest BCUT2D eigenvalue weighted by Crippen LogP contribution is -2.36. The molecule has 0 unspecified atom stereocenters. The molecule has 3 rings (SSSR count). The summed E-state index contributed by atoms with van der Waals surface area (Å²) >= 11 is 0. The fourth-order valence-corrected chi connectivity index (χ4v) is 2.27. The smallest absolute Gasteiger partial charge is 0.233 e. The normalized spacial score (nSPS) is 19.6. The predicted molar refractivity (Wildman–Crippen MR) is 63.6 cm³/mol. The van der Waals surface area contributed by atoms with Crippen molar-refractivity contribution in [1.29, 1.82) is 0 Å². The second-order valence-electron chi connectivity index (χ2n) is 4.71. The largest absolute Gasteiger partial charge is 0.437 e. The quantitative estimate of drug-likeness (QED) is 0.824. The first kappa shape index (κ1) is 10.7. The number of halogens is 1. The molecule has 0 atom stereocenters. The zero-order valence-electron chi connectivity index (χ0n) is 9.79. The second kappa shape index (κ2) is 3.81. The van der Waals surface area contributed by atoms with Gasteiger partial charge in [0.15, 0.2) is 11.3 Å². The van der Waals surface area contributed by atoms with E-state index in [1.165, 1.54) is 0 Å². The van der Waals surface area contributed by atoms with Crippen molar-refractivity contribution in [2.75, 3.05) is 13.1 Å². The number of aromatic nitrogens is 1. The summed E-state index contributed by atoms with van der Waals surface area (Å²) in [6, 6.07) is 5.73. The minimum Gasteiger partial charge on any atom is -0.437 e. The summed E-state index contributed by atoms with van der Waals surface area (Å²) in [6.07, 6.45) is 0.859. The van der Waals surface area contributed by atoms with Crippen molar-refractivity contribution < 1.29 is 8.81 Å². The molecule has 1 aromatic carbocycles. The van der Waals surface area contributed by atoms with Gasteiger partial charge in [0.05, 0.1) is 0 Å². The number of hydrogen-bond donors (Lipinski definition) is 1. The van der Waals surface area contributed by atoms with E-state index in [0.717, 1.165) is 11.1 Å². The average Bonchev–Trinajstić information content (AvgIpc) is 2.73. The highest BCUT2D eigenvalue weighted by Crippen LogP contribution is 2.36. The van der Waals surface area contributed by atoms with E-state index in [4.69, 9.17) is 4.42 Å². The molecule has 1 fully saturated rings. The van der Waals surface area contributed by atoms with Gasteiger partial charge in [-0.05, 0) is 37.7 Å². The van der Waals surface area contributed by atoms with Crippen molar-refractivity contribution in [2.24, 2.45) is 0 Å². The van der Waals surface area contributed by atoms with Crippen LogP contribution >= 0.6 is 0 Å². The fraction of sp³-hybridized carbons (Fsp3) is 0.462. The molecule has 0 aliphatic carbocycles. The molecule has 4 heteroatoms. The number of oxazole rings is 1. The van der Waals surface area contributed by atoms with Crippen LogP contribution in [0.3, 0.4) is 0 Å². The maximum atomic E-state index is 14.6. The lowest BCUT2D eigenvalue weighted by molar-refractivity contribution is 0.0824. The van der Waals surface area contributed by atoms with Gasteiger partial charge in [-0.15, -0.1) is 0 Å². The van der Waals surface area contributed by atoms with Crippen LogP contribution in [0.2, 0.25) is 0 Å². The average molecular weight is 234 g/mol. The fourth-order valence-electron chi connectivity index (χ4n) is 2.27. The number of hydrogen-bond acceptors (Lipinski definition) is 3. The molecule has 1 aromatic heterocycles. The molecule has 2 heterocycles. The third-order valence-corrected chi connectivity index (χ3v) is 3.32. The molecule has 3 nitrogen and oxygen atoms in total. The Bertz CT molecular complexity index is 543. The molecule has 1 N–H and O–H groups in total. The predicted octanol–water partition coefficient (Wildman–Crippen LogP) is 2.68. The highest BCUT2D eigenvalue weighted by Gasteiger charge is 2.38. The van der Waals surface area contributed by atoms with Crippen LogP contribution < -0.4 is 5.32 Å². The summed E-state index contributed by atoms with van der Waals surface area (Å²) < 4.78 is 20.2. The Morgan fingerprint density at radius 3 is 2.88 bits per heavy atom. The summed E-state index contributed by atoms with van der Waals surface area (Å²) in [7, 11) is 0. The number of alkyl halides is 1. The summed E-state index contributed by atoms with van der Waals surface area (Å²) in [5.41, 5.74) is 1.12. The number of fused-ring (bicyclic) bond motifs is 1. The zero-order chi connectivity index (χ0) is 11.9. The third kappa shape index (κ3) is 1.82. The van der Waals surface area contributed by atoms with Crippen molar-refractivity contribution in [3.63, 3.8) is 0 Å². The van der Waals surface area contributed by atoms with Gasteiger partial charge in [-0.1, -0.05) is 6.07 Å². The second-order valence-corrected chi connectivity index (χ2v) is 4.71. The molecule has 0 radical (unpaired) electrons. The Kier molecular flexibility index (Phi) is 2.40. The summed E-state index contributed by atoms with van der Waals surface area (Å²) in [4.78, 5) is 4.30. The van der Waals surface area contributed by atoms with E-state index in [9.17, 15) is 4.39 Å². The van der Waals surface area contributed by atoms with Crippen LogP contribution in [-0.4, -0.2) is 18.1 Å². The molecule has 1 aliphatic rings. The molecular weight excluding hydrogens is 219 g/mol. The molecule has 0 saturated carbocycles. The molecule has 0 bridgehead atoms. The lowest BCUT2D eigenvalue weighted by Gasteiger charge is -2.26. The standard InChI is InChI=1S/C13H15FN2O/c1-9-2-3-11-10(8-9)16-12(17-11)13(14)4-6-15-7-5-13/h2-3,8,15H,4-7H2,1H3. The highest BCUT2D eigenvalue weighted by molar-refractivity contribution is 5.73. The van der Waals surface area contributed by atoms with Crippen LogP contribution in [0.4, 0.5) is 4.39 Å². The van der Waals surface area contributed by atoms with E-state index in [1.54, 1.807) is 0 Å². The maximum absolute atomic E-state index is 14.6. The van der Waals surface area contributed by atoms with Gasteiger partial charge in [0.1, 0.15) is 5.52 Å². The number of benzene rings is 1. The molecule has 17 heavy (non-hydrogen) atoms. The Morgan fingerprint density at radius 1 is 1.35 bits per heavy atom. The van der Waals surface area contributed by atoms with E-state index >= 15 is 0 Å². The van der Waals surface area contributed by atoms with Gasteiger partial charge in [0.2, 0.25) is 5.89 Å². The minimum atomic E-state index is -1.40. The summed E-state index contributed by atoms with van der Waals surface area (Å²) in [6.45, 7) is 3.34. The maximum Gasteiger partial charge on any atom is 0.233 e. The number of nitrogens with zero attached hydrogens (tertiary/aromatic N) is 1. The van der Waals surface area contributed by atoms with Gasteiger partial charge in [-0.2, -0.15) is 0 Å². The van der Waals surface area contributed by atoms with Crippen molar-refractivity contribution in [1.82, 2.24) is 10.3 Å². The minimum absolute atomic E-state index is 0.236. The molecule has 2 aromatic rings. The third-order valence-electron chi connectivity index (χ3n) is 3.32. The van der Waals surface area contributed by atoms with Gasteiger partial charge in [0, 0.05) is 12.8 Å². The van der Waals surface area contributed by atoms with Crippen LogP contribution in [0, 0.1) is 6.92 Å². The topological polar surface area (TPSA) is 38.1 Å². The van der Waals surface area contributed by atoms with E-state index in [2.05, 4.69) is 10.3 Å². The zero-order valence-corrected chi connectivity index (χ0v) is 9.79. The van der Waals surface area contributed by atoms with E-state index in [0.29, 0.717) is 31.5 Å². The molecule has 1 aliphatic heterocycles. The Hall–Kier alpha value is -1.42. The Labute approximate surface area is 99.0 Å². The molecule has 1 saturated heterocycles. The van der Waals surface area contributed by atoms with Crippen LogP contribution in [0.1, 0.15) is 24.3 Å². The van der Waals surface area contributed by atoms with Gasteiger partial charge in [0.25, 0.3) is 0 Å². The van der Waals surface area contributed by atoms with Crippen molar-refractivity contribution in [3.8, 4) is 0 Å². The van der Waals surface area contributed by atoms with Gasteiger partial charge < -0.3 is 9.73 Å². The van der Waals surface area contributed by atoms with Crippen LogP contribution in [0.5, 0.6) is 0 Å². The first-order chi connectivity index (χ1) is 8.17.